The van der Waals surface area contributed by atoms with Gasteiger partial charge in [-0.3, -0.25) is 0 Å². The molecule has 1 aromatic heterocycles. The highest BCUT2D eigenvalue weighted by Gasteiger charge is 2.26. The Labute approximate surface area is 93.7 Å². The van der Waals surface area contributed by atoms with E-state index in [4.69, 9.17) is 15.6 Å². The molecule has 0 aliphatic heterocycles. The van der Waals surface area contributed by atoms with Gasteiger partial charge >= 0.3 is 0 Å². The molecule has 0 saturated heterocycles. The summed E-state index contributed by atoms with van der Waals surface area (Å²) in [6, 6.07) is 1.61. The van der Waals surface area contributed by atoms with Crippen LogP contribution in [0.2, 0.25) is 0 Å². The molecule has 0 amide bonds. The second-order valence-corrected chi connectivity index (χ2v) is 5.14. The summed E-state index contributed by atoms with van der Waals surface area (Å²) < 4.78 is 28.1. The number of ether oxygens (including phenoxy) is 1. The van der Waals surface area contributed by atoms with Crippen LogP contribution in [0.25, 0.3) is 0 Å². The van der Waals surface area contributed by atoms with Crippen molar-refractivity contribution in [1.82, 2.24) is 4.98 Å². The Morgan fingerprint density at radius 2 is 2.19 bits per heavy atom. The first-order valence-electron chi connectivity index (χ1n) is 4.90. The molecule has 0 atom stereocenters. The normalized spacial score (nSPS) is 16.1. The van der Waals surface area contributed by atoms with E-state index >= 15 is 0 Å². The second-order valence-electron chi connectivity index (χ2n) is 3.66. The predicted molar refractivity (Wildman–Crippen MR) is 57.2 cm³/mol. The highest BCUT2D eigenvalue weighted by Crippen LogP contribution is 2.30. The molecular weight excluding hydrogens is 230 g/mol. The van der Waals surface area contributed by atoms with Crippen molar-refractivity contribution in [3.63, 3.8) is 0 Å². The summed E-state index contributed by atoms with van der Waals surface area (Å²) in [6.07, 6.45) is 3.49. The molecular formula is C9H13N3O3S. The minimum atomic E-state index is -3.85. The highest BCUT2D eigenvalue weighted by atomic mass is 32.2. The SMILES string of the molecule is NCc1c(OC2CC2)ccnc1S(N)(=O)=O. The van der Waals surface area contributed by atoms with E-state index < -0.39 is 10.0 Å². The molecule has 2 rings (SSSR count). The van der Waals surface area contributed by atoms with Gasteiger partial charge in [-0.15, -0.1) is 0 Å². The fraction of sp³-hybridized carbons (Fsp3) is 0.444. The van der Waals surface area contributed by atoms with E-state index in [0.717, 1.165) is 12.8 Å². The number of aromatic nitrogens is 1. The molecule has 1 saturated carbocycles. The molecule has 7 heteroatoms. The van der Waals surface area contributed by atoms with E-state index in [9.17, 15) is 8.42 Å². The standard InChI is InChI=1S/C9H13N3O3S/c10-5-7-8(15-6-1-2-6)3-4-12-9(7)16(11,13)14/h3-4,6H,1-2,5,10H2,(H2,11,13,14). The zero-order chi connectivity index (χ0) is 11.8. The summed E-state index contributed by atoms with van der Waals surface area (Å²) >= 11 is 0. The summed E-state index contributed by atoms with van der Waals surface area (Å²) in [6.45, 7) is 0.0294. The molecule has 1 aliphatic rings. The lowest BCUT2D eigenvalue weighted by Crippen LogP contribution is -2.19. The molecule has 0 unspecified atom stereocenters. The summed E-state index contributed by atoms with van der Waals surface area (Å²) in [5, 5.41) is 4.85. The minimum absolute atomic E-state index is 0.0294. The van der Waals surface area contributed by atoms with Crippen LogP contribution >= 0.6 is 0 Å². The van der Waals surface area contributed by atoms with Crippen LogP contribution < -0.4 is 15.6 Å². The number of hydrogen-bond acceptors (Lipinski definition) is 5. The van der Waals surface area contributed by atoms with Gasteiger partial charge in [0.05, 0.1) is 6.10 Å². The van der Waals surface area contributed by atoms with Crippen molar-refractivity contribution in [2.75, 3.05) is 0 Å². The van der Waals surface area contributed by atoms with Crippen molar-refractivity contribution in [3.8, 4) is 5.75 Å². The van der Waals surface area contributed by atoms with Crippen molar-refractivity contribution >= 4 is 10.0 Å². The maximum Gasteiger partial charge on any atom is 0.255 e. The lowest BCUT2D eigenvalue weighted by atomic mass is 10.2. The molecule has 1 aromatic rings. The van der Waals surface area contributed by atoms with E-state index in [0.29, 0.717) is 11.3 Å². The van der Waals surface area contributed by atoms with Crippen molar-refractivity contribution in [2.45, 2.75) is 30.5 Å². The lowest BCUT2D eigenvalue weighted by Gasteiger charge is -2.11. The Balaban J connectivity index is 2.45. The minimum Gasteiger partial charge on any atom is -0.490 e. The maximum atomic E-state index is 11.3. The van der Waals surface area contributed by atoms with E-state index in [2.05, 4.69) is 4.98 Å². The molecule has 1 heterocycles. The van der Waals surface area contributed by atoms with Crippen LogP contribution in [0.3, 0.4) is 0 Å². The lowest BCUT2D eigenvalue weighted by molar-refractivity contribution is 0.298. The van der Waals surface area contributed by atoms with Gasteiger partial charge in [0.25, 0.3) is 10.0 Å². The van der Waals surface area contributed by atoms with Crippen LogP contribution in [0.15, 0.2) is 17.3 Å². The van der Waals surface area contributed by atoms with Crippen LogP contribution in [-0.2, 0) is 16.6 Å². The van der Waals surface area contributed by atoms with Crippen LogP contribution in [0.1, 0.15) is 18.4 Å². The van der Waals surface area contributed by atoms with Gasteiger partial charge < -0.3 is 10.5 Å². The van der Waals surface area contributed by atoms with Crippen LogP contribution in [0, 0.1) is 0 Å². The van der Waals surface area contributed by atoms with E-state index in [-0.39, 0.29) is 17.7 Å². The van der Waals surface area contributed by atoms with E-state index in [1.165, 1.54) is 6.20 Å². The molecule has 0 bridgehead atoms. The smallest absolute Gasteiger partial charge is 0.255 e. The third-order valence-corrected chi connectivity index (χ3v) is 3.16. The Hall–Kier alpha value is -1.18. The van der Waals surface area contributed by atoms with Gasteiger partial charge in [-0.25, -0.2) is 18.5 Å². The third kappa shape index (κ3) is 2.31. The molecule has 0 radical (unpaired) electrons. The highest BCUT2D eigenvalue weighted by molar-refractivity contribution is 7.89. The number of hydrogen-bond donors (Lipinski definition) is 2. The summed E-state index contributed by atoms with van der Waals surface area (Å²) in [5.74, 6) is 0.462. The number of sulfonamides is 1. The summed E-state index contributed by atoms with van der Waals surface area (Å²) in [5.41, 5.74) is 5.85. The monoisotopic (exact) mass is 243 g/mol. The van der Waals surface area contributed by atoms with Crippen molar-refractivity contribution < 1.29 is 13.2 Å². The fourth-order valence-corrected chi connectivity index (χ4v) is 2.10. The number of rotatable bonds is 4. The zero-order valence-corrected chi connectivity index (χ0v) is 9.40. The van der Waals surface area contributed by atoms with Crippen molar-refractivity contribution in [1.29, 1.82) is 0 Å². The van der Waals surface area contributed by atoms with E-state index in [1.807, 2.05) is 0 Å². The zero-order valence-electron chi connectivity index (χ0n) is 8.59. The van der Waals surface area contributed by atoms with Gasteiger partial charge in [-0.2, -0.15) is 0 Å². The van der Waals surface area contributed by atoms with Crippen molar-refractivity contribution in [2.24, 2.45) is 10.9 Å². The molecule has 16 heavy (non-hydrogen) atoms. The number of nitrogens with two attached hydrogens (primary N) is 2. The Morgan fingerprint density at radius 1 is 1.50 bits per heavy atom. The van der Waals surface area contributed by atoms with Gasteiger partial charge in [0.15, 0.2) is 5.03 Å². The maximum absolute atomic E-state index is 11.3. The predicted octanol–water partition coefficient (Wildman–Crippen LogP) is -0.271. The fourth-order valence-electron chi connectivity index (χ4n) is 1.37. The van der Waals surface area contributed by atoms with Gasteiger partial charge in [-0.05, 0) is 18.9 Å². The molecule has 88 valence electrons. The number of pyridine rings is 1. The quantitative estimate of drug-likeness (QED) is 0.756. The van der Waals surface area contributed by atoms with Crippen LogP contribution in [-0.4, -0.2) is 19.5 Å². The molecule has 0 aromatic carbocycles. The summed E-state index contributed by atoms with van der Waals surface area (Å²) in [4.78, 5) is 3.74. The second kappa shape index (κ2) is 4.00. The van der Waals surface area contributed by atoms with Gasteiger partial charge in [-0.1, -0.05) is 0 Å². The van der Waals surface area contributed by atoms with Gasteiger partial charge in [0, 0.05) is 18.3 Å². The first kappa shape index (κ1) is 11.3. The van der Waals surface area contributed by atoms with Crippen LogP contribution in [0.4, 0.5) is 0 Å². The number of primary sulfonamides is 1. The topological polar surface area (TPSA) is 108 Å². The average Bonchev–Trinajstić information content (AvgIpc) is 3.00. The average molecular weight is 243 g/mol. The Morgan fingerprint density at radius 3 is 2.69 bits per heavy atom. The van der Waals surface area contributed by atoms with Crippen LogP contribution in [0.5, 0.6) is 5.75 Å². The summed E-state index contributed by atoms with van der Waals surface area (Å²) in [7, 11) is -3.85. The Kier molecular flexibility index (Phi) is 2.83. The van der Waals surface area contributed by atoms with E-state index in [1.54, 1.807) is 6.07 Å². The first-order valence-corrected chi connectivity index (χ1v) is 6.44. The molecule has 1 fully saturated rings. The van der Waals surface area contributed by atoms with Gasteiger partial charge in [0.1, 0.15) is 5.75 Å². The molecule has 6 nitrogen and oxygen atoms in total. The third-order valence-electron chi connectivity index (χ3n) is 2.26. The first-order chi connectivity index (χ1) is 7.52. The largest absolute Gasteiger partial charge is 0.490 e. The van der Waals surface area contributed by atoms with Crippen molar-refractivity contribution in [3.05, 3.63) is 17.8 Å². The molecule has 1 aliphatic carbocycles. The Bertz CT molecular complexity index is 497. The van der Waals surface area contributed by atoms with Gasteiger partial charge in [0.2, 0.25) is 0 Å². The number of nitrogens with zero attached hydrogens (tertiary/aromatic N) is 1. The molecule has 0 spiro atoms. The molecule has 4 N–H and O–H groups in total.